The Bertz CT molecular complexity index is 427. The van der Waals surface area contributed by atoms with Crippen molar-refractivity contribution in [3.05, 3.63) is 41.3 Å². The highest BCUT2D eigenvalue weighted by atomic mass is 32.2. The largest absolute Gasteiger partial charge is 0.330 e. The maximum Gasteiger partial charge on any atom is 0.233 e. The molecular weight excluding hydrogens is 224 g/mol. The van der Waals surface area contributed by atoms with E-state index in [0.29, 0.717) is 19.5 Å². The lowest BCUT2D eigenvalue weighted by Crippen LogP contribution is -2.24. The van der Waals surface area contributed by atoms with Crippen LogP contribution in [0.4, 0.5) is 0 Å². The lowest BCUT2D eigenvalue weighted by molar-refractivity contribution is 0.589. The first kappa shape index (κ1) is 12.9. The second-order valence-corrected chi connectivity index (χ2v) is 4.95. The van der Waals surface area contributed by atoms with Crippen molar-refractivity contribution in [2.75, 3.05) is 13.1 Å². The summed E-state index contributed by atoms with van der Waals surface area (Å²) in [6, 6.07) is 9.27. The molecule has 1 rings (SSSR count). The molecule has 0 bridgehead atoms. The molecule has 0 aromatic heterocycles. The van der Waals surface area contributed by atoms with Crippen LogP contribution in [0, 0.1) is 0 Å². The van der Waals surface area contributed by atoms with Crippen molar-refractivity contribution in [2.24, 2.45) is 5.73 Å². The SMILES string of the molecule is NCCCNS(=O)(=O)/C=C/c1ccccc1. The molecule has 0 heterocycles. The number of hydrogen-bond donors (Lipinski definition) is 2. The van der Waals surface area contributed by atoms with Crippen molar-refractivity contribution in [1.29, 1.82) is 0 Å². The maximum absolute atomic E-state index is 11.4. The summed E-state index contributed by atoms with van der Waals surface area (Å²) < 4.78 is 25.3. The number of hydrogen-bond acceptors (Lipinski definition) is 3. The zero-order valence-electron chi connectivity index (χ0n) is 8.96. The summed E-state index contributed by atoms with van der Waals surface area (Å²) in [5.74, 6) is 0. The van der Waals surface area contributed by atoms with Crippen molar-refractivity contribution >= 4 is 16.1 Å². The molecule has 0 saturated carbocycles. The first-order valence-electron chi connectivity index (χ1n) is 5.07. The molecule has 88 valence electrons. The van der Waals surface area contributed by atoms with Crippen LogP contribution in [0.3, 0.4) is 0 Å². The lowest BCUT2D eigenvalue weighted by atomic mass is 10.2. The molecule has 0 radical (unpaired) electrons. The predicted octanol–water partition coefficient (Wildman–Crippen LogP) is 0.925. The van der Waals surface area contributed by atoms with Gasteiger partial charge in [-0.1, -0.05) is 30.3 Å². The molecule has 0 aliphatic rings. The third kappa shape index (κ3) is 5.06. The summed E-state index contributed by atoms with van der Waals surface area (Å²) in [6.45, 7) is 0.850. The minimum atomic E-state index is -3.34. The quantitative estimate of drug-likeness (QED) is 0.726. The summed E-state index contributed by atoms with van der Waals surface area (Å²) in [6.07, 6.45) is 2.20. The van der Waals surface area contributed by atoms with Gasteiger partial charge in [-0.15, -0.1) is 0 Å². The van der Waals surface area contributed by atoms with E-state index in [1.807, 2.05) is 30.3 Å². The van der Waals surface area contributed by atoms with E-state index in [9.17, 15) is 8.42 Å². The Morgan fingerprint density at radius 3 is 2.56 bits per heavy atom. The van der Waals surface area contributed by atoms with E-state index >= 15 is 0 Å². The van der Waals surface area contributed by atoms with Crippen LogP contribution in [0.2, 0.25) is 0 Å². The van der Waals surface area contributed by atoms with Crippen LogP contribution in [0.5, 0.6) is 0 Å². The molecule has 0 atom stereocenters. The van der Waals surface area contributed by atoms with Gasteiger partial charge < -0.3 is 5.73 Å². The van der Waals surface area contributed by atoms with Crippen molar-refractivity contribution in [1.82, 2.24) is 4.72 Å². The normalized spacial score (nSPS) is 12.1. The smallest absolute Gasteiger partial charge is 0.233 e. The maximum atomic E-state index is 11.4. The molecular formula is C11H16N2O2S. The molecule has 1 aromatic carbocycles. The highest BCUT2D eigenvalue weighted by molar-refractivity contribution is 7.92. The Hall–Kier alpha value is -1.17. The van der Waals surface area contributed by atoms with E-state index in [-0.39, 0.29) is 0 Å². The van der Waals surface area contributed by atoms with E-state index in [1.54, 1.807) is 6.08 Å². The number of benzene rings is 1. The Balaban J connectivity index is 2.56. The molecule has 0 spiro atoms. The topological polar surface area (TPSA) is 72.2 Å². The standard InChI is InChI=1S/C11H16N2O2S/c12-8-4-9-13-16(14,15)10-7-11-5-2-1-3-6-11/h1-3,5-7,10,13H,4,8-9,12H2/b10-7+. The molecule has 5 heteroatoms. The van der Waals surface area contributed by atoms with Gasteiger partial charge in [0.2, 0.25) is 10.0 Å². The van der Waals surface area contributed by atoms with Crippen LogP contribution in [-0.2, 0) is 10.0 Å². The molecule has 0 saturated heterocycles. The van der Waals surface area contributed by atoms with E-state index in [2.05, 4.69) is 4.72 Å². The van der Waals surface area contributed by atoms with E-state index < -0.39 is 10.0 Å². The van der Waals surface area contributed by atoms with Gasteiger partial charge in [-0.05, 0) is 24.6 Å². The molecule has 4 nitrogen and oxygen atoms in total. The Labute approximate surface area is 96.2 Å². The number of nitrogens with two attached hydrogens (primary N) is 1. The fourth-order valence-corrected chi connectivity index (χ4v) is 1.96. The third-order valence-electron chi connectivity index (χ3n) is 1.92. The van der Waals surface area contributed by atoms with Crippen LogP contribution in [-0.4, -0.2) is 21.5 Å². The fourth-order valence-electron chi connectivity index (χ4n) is 1.10. The van der Waals surface area contributed by atoms with E-state index in [1.165, 1.54) is 5.41 Å². The first-order valence-corrected chi connectivity index (χ1v) is 6.61. The predicted molar refractivity (Wildman–Crippen MR) is 66.1 cm³/mol. The molecule has 3 N–H and O–H groups in total. The van der Waals surface area contributed by atoms with Gasteiger partial charge in [-0.25, -0.2) is 13.1 Å². The Kier molecular flexibility index (Phi) is 5.18. The second kappa shape index (κ2) is 6.42. The van der Waals surface area contributed by atoms with Crippen LogP contribution in [0.25, 0.3) is 6.08 Å². The molecule has 0 aliphatic carbocycles. The highest BCUT2D eigenvalue weighted by Gasteiger charge is 2.02. The van der Waals surface area contributed by atoms with Gasteiger partial charge >= 0.3 is 0 Å². The summed E-state index contributed by atoms with van der Waals surface area (Å²) in [5, 5.41) is 1.17. The highest BCUT2D eigenvalue weighted by Crippen LogP contribution is 2.02. The second-order valence-electron chi connectivity index (χ2n) is 3.30. The van der Waals surface area contributed by atoms with Crippen molar-refractivity contribution in [3.63, 3.8) is 0 Å². The molecule has 1 aromatic rings. The average Bonchev–Trinajstić information content (AvgIpc) is 2.28. The summed E-state index contributed by atoms with van der Waals surface area (Å²) >= 11 is 0. The third-order valence-corrected chi connectivity index (χ3v) is 3.02. The van der Waals surface area contributed by atoms with Gasteiger partial charge in [0.25, 0.3) is 0 Å². The van der Waals surface area contributed by atoms with Gasteiger partial charge in [0, 0.05) is 12.0 Å². The van der Waals surface area contributed by atoms with Gasteiger partial charge in [-0.2, -0.15) is 0 Å². The van der Waals surface area contributed by atoms with Crippen LogP contribution in [0.1, 0.15) is 12.0 Å². The van der Waals surface area contributed by atoms with Crippen molar-refractivity contribution < 1.29 is 8.42 Å². The van der Waals surface area contributed by atoms with Crippen LogP contribution < -0.4 is 10.5 Å². The number of nitrogens with one attached hydrogen (secondary N) is 1. The monoisotopic (exact) mass is 240 g/mol. The van der Waals surface area contributed by atoms with E-state index in [0.717, 1.165) is 5.56 Å². The minimum Gasteiger partial charge on any atom is -0.330 e. The van der Waals surface area contributed by atoms with Crippen LogP contribution >= 0.6 is 0 Å². The number of rotatable bonds is 6. The zero-order chi connectivity index (χ0) is 11.9. The minimum absolute atomic E-state index is 0.373. The molecule has 0 fully saturated rings. The fraction of sp³-hybridized carbons (Fsp3) is 0.273. The zero-order valence-corrected chi connectivity index (χ0v) is 9.78. The van der Waals surface area contributed by atoms with Crippen molar-refractivity contribution in [2.45, 2.75) is 6.42 Å². The average molecular weight is 240 g/mol. The summed E-state index contributed by atoms with van der Waals surface area (Å²) in [4.78, 5) is 0. The molecule has 0 aliphatic heterocycles. The van der Waals surface area contributed by atoms with E-state index in [4.69, 9.17) is 5.73 Å². The van der Waals surface area contributed by atoms with Crippen molar-refractivity contribution in [3.8, 4) is 0 Å². The molecule has 0 unspecified atom stereocenters. The Morgan fingerprint density at radius 2 is 1.94 bits per heavy atom. The van der Waals surface area contributed by atoms with Gasteiger partial charge in [0.1, 0.15) is 0 Å². The van der Waals surface area contributed by atoms with Gasteiger partial charge in [0.05, 0.1) is 0 Å². The summed E-state index contributed by atoms with van der Waals surface area (Å²) in [5.41, 5.74) is 6.12. The Morgan fingerprint density at radius 1 is 1.25 bits per heavy atom. The molecule has 16 heavy (non-hydrogen) atoms. The van der Waals surface area contributed by atoms with Crippen LogP contribution in [0.15, 0.2) is 35.7 Å². The van der Waals surface area contributed by atoms with Gasteiger partial charge in [0.15, 0.2) is 0 Å². The number of sulfonamides is 1. The molecule has 0 amide bonds. The lowest BCUT2D eigenvalue weighted by Gasteiger charge is -2.00. The van der Waals surface area contributed by atoms with Gasteiger partial charge in [-0.3, -0.25) is 0 Å². The first-order chi connectivity index (χ1) is 7.64. The summed E-state index contributed by atoms with van der Waals surface area (Å²) in [7, 11) is -3.34.